The maximum Gasteiger partial charge on any atom is 0.408 e. The first-order valence-electron chi connectivity index (χ1n) is 10.2. The Labute approximate surface area is 175 Å². The molecule has 5 atom stereocenters. The van der Waals surface area contributed by atoms with Crippen molar-refractivity contribution in [3.8, 4) is 0 Å². The first-order chi connectivity index (χ1) is 12.9. The number of nitrogens with one attached hydrogen (secondary N) is 1. The first-order valence-corrected chi connectivity index (χ1v) is 13.2. The van der Waals surface area contributed by atoms with Crippen molar-refractivity contribution in [1.29, 1.82) is 0 Å². The molecule has 0 aliphatic carbocycles. The number of hydrogen-bond donors (Lipinski definition) is 2. The second-order valence-corrected chi connectivity index (χ2v) is 15.7. The van der Waals surface area contributed by atoms with Gasteiger partial charge < -0.3 is 33.8 Å². The zero-order valence-electron chi connectivity index (χ0n) is 19.5. The molecule has 2 rings (SSSR count). The number of carbonyl (C=O) groups is 1. The number of aliphatic hydroxyl groups excluding tert-OH is 1. The second kappa shape index (κ2) is 8.09. The SMILES string of the molecule is CC(C)(C)OC(=O)N[C@H](CO[Si](C)(C)C(C)(C)C)[C@H]1OC(O)[C@H]2OC(C)(C)O[C@@H]12. The molecule has 170 valence electrons. The highest BCUT2D eigenvalue weighted by molar-refractivity contribution is 6.74. The standard InChI is InChI=1S/C20H39NO7Si/c1-18(2,3)28-17(23)21-12(11-24-29(9,10)19(4,5)6)13-14-15(16(22)25-13)27-20(7,8)26-14/h12-16,22H,11H2,1-10H3,(H,21,23)/t12-,13-,14+,15+,16?/m1/s1. The van der Waals surface area contributed by atoms with Crippen LogP contribution in [0.15, 0.2) is 0 Å². The van der Waals surface area contributed by atoms with Crippen molar-refractivity contribution < 1.29 is 33.3 Å². The smallest absolute Gasteiger partial charge is 0.408 e. The van der Waals surface area contributed by atoms with Crippen LogP contribution in [0.1, 0.15) is 55.4 Å². The molecule has 0 bridgehead atoms. The molecule has 2 saturated heterocycles. The molecule has 2 N–H and O–H groups in total. The van der Waals surface area contributed by atoms with Crippen LogP contribution in [0, 0.1) is 0 Å². The van der Waals surface area contributed by atoms with E-state index >= 15 is 0 Å². The van der Waals surface area contributed by atoms with E-state index in [0.29, 0.717) is 0 Å². The maximum absolute atomic E-state index is 12.5. The van der Waals surface area contributed by atoms with Crippen LogP contribution in [0.2, 0.25) is 18.1 Å². The van der Waals surface area contributed by atoms with Crippen LogP contribution in [0.3, 0.4) is 0 Å². The van der Waals surface area contributed by atoms with Gasteiger partial charge in [0.1, 0.15) is 23.9 Å². The zero-order valence-corrected chi connectivity index (χ0v) is 20.5. The van der Waals surface area contributed by atoms with E-state index in [-0.39, 0.29) is 11.6 Å². The normalized spacial score (nSPS) is 30.7. The third-order valence-corrected chi connectivity index (χ3v) is 10.1. The van der Waals surface area contributed by atoms with E-state index in [1.54, 1.807) is 34.6 Å². The Morgan fingerprint density at radius 1 is 1.14 bits per heavy atom. The average molecular weight is 434 g/mol. The highest BCUT2D eigenvalue weighted by atomic mass is 28.4. The van der Waals surface area contributed by atoms with E-state index in [0.717, 1.165) is 0 Å². The minimum atomic E-state index is -2.08. The Morgan fingerprint density at radius 3 is 2.21 bits per heavy atom. The van der Waals surface area contributed by atoms with E-state index in [2.05, 4.69) is 39.2 Å². The van der Waals surface area contributed by atoms with Gasteiger partial charge in [-0.2, -0.15) is 0 Å². The fraction of sp³-hybridized carbons (Fsp3) is 0.950. The summed E-state index contributed by atoms with van der Waals surface area (Å²) in [6, 6.07) is -0.568. The Morgan fingerprint density at radius 2 is 1.69 bits per heavy atom. The number of hydrogen-bond acceptors (Lipinski definition) is 7. The van der Waals surface area contributed by atoms with Crippen molar-refractivity contribution >= 4 is 14.4 Å². The zero-order chi connectivity index (χ0) is 22.4. The molecular formula is C20H39NO7Si. The Bertz CT molecular complexity index is 597. The highest BCUT2D eigenvalue weighted by Crippen LogP contribution is 2.40. The maximum atomic E-state index is 12.5. The van der Waals surface area contributed by atoms with Crippen molar-refractivity contribution in [3.63, 3.8) is 0 Å². The summed E-state index contributed by atoms with van der Waals surface area (Å²) in [5, 5.41) is 13.2. The monoisotopic (exact) mass is 433 g/mol. The molecule has 0 saturated carbocycles. The molecule has 1 unspecified atom stereocenters. The Hall–Kier alpha value is -0.713. The quantitative estimate of drug-likeness (QED) is 0.643. The number of alkyl carbamates (subject to hydrolysis) is 1. The van der Waals surface area contributed by atoms with Crippen LogP contribution in [-0.2, 0) is 23.4 Å². The lowest BCUT2D eigenvalue weighted by atomic mass is 10.0. The minimum absolute atomic E-state index is 0.0109. The number of ether oxygens (including phenoxy) is 4. The molecule has 2 aliphatic rings. The molecular weight excluding hydrogens is 394 g/mol. The molecule has 2 aliphatic heterocycles. The minimum Gasteiger partial charge on any atom is -0.444 e. The summed E-state index contributed by atoms with van der Waals surface area (Å²) in [7, 11) is -2.08. The van der Waals surface area contributed by atoms with Gasteiger partial charge in [0.2, 0.25) is 0 Å². The van der Waals surface area contributed by atoms with Gasteiger partial charge in [-0.15, -0.1) is 0 Å². The molecule has 0 spiro atoms. The summed E-state index contributed by atoms with van der Waals surface area (Å²) in [6.45, 7) is 19.9. The van der Waals surface area contributed by atoms with Gasteiger partial charge in [-0.1, -0.05) is 20.8 Å². The van der Waals surface area contributed by atoms with Crippen LogP contribution in [0.5, 0.6) is 0 Å². The van der Waals surface area contributed by atoms with Gasteiger partial charge in [0, 0.05) is 0 Å². The fourth-order valence-corrected chi connectivity index (χ4v) is 4.15. The molecule has 1 amide bonds. The number of carbonyl (C=O) groups excluding carboxylic acids is 1. The third kappa shape index (κ3) is 6.14. The molecule has 0 radical (unpaired) electrons. The summed E-state index contributed by atoms with van der Waals surface area (Å²) < 4.78 is 29.3. The number of aliphatic hydroxyl groups is 1. The van der Waals surface area contributed by atoms with Crippen molar-refractivity contribution in [3.05, 3.63) is 0 Å². The average Bonchev–Trinajstić information content (AvgIpc) is 2.95. The van der Waals surface area contributed by atoms with Gasteiger partial charge >= 0.3 is 6.09 Å². The lowest BCUT2D eigenvalue weighted by Crippen LogP contribution is -2.54. The lowest BCUT2D eigenvalue weighted by Gasteiger charge is -2.38. The summed E-state index contributed by atoms with van der Waals surface area (Å²) in [5.41, 5.74) is -0.636. The van der Waals surface area contributed by atoms with Crippen molar-refractivity contribution in [1.82, 2.24) is 5.32 Å². The Kier molecular flexibility index (Phi) is 6.85. The summed E-state index contributed by atoms with van der Waals surface area (Å²) in [5.74, 6) is -0.838. The fourth-order valence-electron chi connectivity index (χ4n) is 3.12. The van der Waals surface area contributed by atoms with Crippen molar-refractivity contribution in [2.45, 2.75) is 116 Å². The van der Waals surface area contributed by atoms with Gasteiger partial charge in [-0.25, -0.2) is 4.79 Å². The van der Waals surface area contributed by atoms with Crippen molar-refractivity contribution in [2.24, 2.45) is 0 Å². The van der Waals surface area contributed by atoms with Crippen LogP contribution in [0.25, 0.3) is 0 Å². The van der Waals surface area contributed by atoms with Gasteiger partial charge in [0.25, 0.3) is 0 Å². The van der Waals surface area contributed by atoms with E-state index in [1.165, 1.54) is 0 Å². The third-order valence-electron chi connectivity index (χ3n) is 5.59. The molecule has 0 aromatic heterocycles. The predicted octanol–water partition coefficient (Wildman–Crippen LogP) is 3.14. The number of amides is 1. The van der Waals surface area contributed by atoms with E-state index in [4.69, 9.17) is 23.4 Å². The van der Waals surface area contributed by atoms with Crippen LogP contribution in [-0.4, -0.2) is 68.2 Å². The molecule has 9 heteroatoms. The van der Waals surface area contributed by atoms with Crippen LogP contribution in [0.4, 0.5) is 4.79 Å². The first kappa shape index (κ1) is 24.6. The van der Waals surface area contributed by atoms with Crippen LogP contribution < -0.4 is 5.32 Å². The van der Waals surface area contributed by atoms with Gasteiger partial charge in [0.15, 0.2) is 20.4 Å². The molecule has 8 nitrogen and oxygen atoms in total. The largest absolute Gasteiger partial charge is 0.444 e. The van der Waals surface area contributed by atoms with Crippen LogP contribution >= 0.6 is 0 Å². The summed E-state index contributed by atoms with van der Waals surface area (Å²) >= 11 is 0. The number of fused-ring (bicyclic) bond motifs is 1. The molecule has 0 aromatic rings. The molecule has 29 heavy (non-hydrogen) atoms. The summed E-state index contributed by atoms with van der Waals surface area (Å²) in [4.78, 5) is 12.5. The van der Waals surface area contributed by atoms with E-state index < -0.39 is 56.4 Å². The predicted molar refractivity (Wildman–Crippen MR) is 111 cm³/mol. The highest BCUT2D eigenvalue weighted by Gasteiger charge is 2.57. The van der Waals surface area contributed by atoms with Gasteiger partial charge in [-0.05, 0) is 52.8 Å². The van der Waals surface area contributed by atoms with E-state index in [9.17, 15) is 9.90 Å². The lowest BCUT2D eigenvalue weighted by molar-refractivity contribution is -0.223. The van der Waals surface area contributed by atoms with Gasteiger partial charge in [0.05, 0.1) is 12.6 Å². The number of rotatable bonds is 5. The summed E-state index contributed by atoms with van der Waals surface area (Å²) in [6.07, 6.45) is -3.48. The second-order valence-electron chi connectivity index (χ2n) is 10.9. The molecule has 0 aromatic carbocycles. The van der Waals surface area contributed by atoms with E-state index in [1.807, 2.05) is 0 Å². The Balaban J connectivity index is 2.19. The topological polar surface area (TPSA) is 95.5 Å². The van der Waals surface area contributed by atoms with Crippen molar-refractivity contribution in [2.75, 3.05) is 6.61 Å². The molecule has 2 heterocycles. The molecule has 2 fully saturated rings. The van der Waals surface area contributed by atoms with Gasteiger partial charge in [-0.3, -0.25) is 0 Å².